The van der Waals surface area contributed by atoms with Crippen molar-refractivity contribution in [1.29, 1.82) is 0 Å². The summed E-state index contributed by atoms with van der Waals surface area (Å²) in [4.78, 5) is 42.0. The minimum atomic E-state index is -1.07. The van der Waals surface area contributed by atoms with E-state index in [1.807, 2.05) is 0 Å². The molecule has 0 saturated heterocycles. The monoisotopic (exact) mass is 426 g/mol. The van der Waals surface area contributed by atoms with Crippen LogP contribution in [0.1, 0.15) is 38.4 Å². The maximum absolute atomic E-state index is 12.9. The molecule has 0 aliphatic carbocycles. The zero-order valence-corrected chi connectivity index (χ0v) is 17.0. The predicted octanol–water partition coefficient (Wildman–Crippen LogP) is 3.32. The van der Waals surface area contributed by atoms with E-state index in [9.17, 15) is 14.4 Å². The number of fused-ring (bicyclic) bond motifs is 2. The first-order valence-electron chi connectivity index (χ1n) is 9.10. The molecule has 0 N–H and O–H groups in total. The van der Waals surface area contributed by atoms with Gasteiger partial charge in [-0.05, 0) is 38.8 Å². The average molecular weight is 427 g/mol. The van der Waals surface area contributed by atoms with Gasteiger partial charge in [-0.15, -0.1) is 0 Å². The Balaban J connectivity index is 1.99. The van der Waals surface area contributed by atoms with Crippen LogP contribution in [0.15, 0.2) is 16.9 Å². The molecule has 7 nitrogen and oxygen atoms in total. The van der Waals surface area contributed by atoms with Crippen molar-refractivity contribution in [3.8, 4) is 0 Å². The number of rotatable bonds is 6. The molecule has 1 atom stereocenters. The lowest BCUT2D eigenvalue weighted by molar-refractivity contribution is -0.162. The van der Waals surface area contributed by atoms with Crippen molar-refractivity contribution in [2.24, 2.45) is 5.92 Å². The molecular weight excluding hydrogens is 407 g/mol. The SMILES string of the molecule is CCOC(=O)C(CC1CCn2c1nc1c(Cl)cc(Cl)cc1c2=O)C(=O)OCC. The molecule has 0 saturated carbocycles. The van der Waals surface area contributed by atoms with Crippen molar-refractivity contribution < 1.29 is 19.1 Å². The molecule has 9 heteroatoms. The number of hydrogen-bond donors (Lipinski definition) is 0. The highest BCUT2D eigenvalue weighted by molar-refractivity contribution is 6.38. The van der Waals surface area contributed by atoms with Gasteiger partial charge in [-0.3, -0.25) is 19.0 Å². The molecule has 1 aliphatic rings. The van der Waals surface area contributed by atoms with Gasteiger partial charge in [0.25, 0.3) is 5.56 Å². The third kappa shape index (κ3) is 3.86. The van der Waals surface area contributed by atoms with E-state index in [1.54, 1.807) is 24.5 Å². The van der Waals surface area contributed by atoms with Gasteiger partial charge in [0.2, 0.25) is 0 Å². The number of aromatic nitrogens is 2. The van der Waals surface area contributed by atoms with E-state index in [-0.39, 0.29) is 36.1 Å². The van der Waals surface area contributed by atoms with Crippen LogP contribution < -0.4 is 5.56 Å². The first-order chi connectivity index (χ1) is 13.4. The van der Waals surface area contributed by atoms with Gasteiger partial charge in [-0.25, -0.2) is 4.98 Å². The third-order valence-electron chi connectivity index (χ3n) is 4.74. The largest absolute Gasteiger partial charge is 0.465 e. The summed E-state index contributed by atoms with van der Waals surface area (Å²) in [5, 5.41) is 0.978. The van der Waals surface area contributed by atoms with Crippen LogP contribution in [0.5, 0.6) is 0 Å². The molecular formula is C19H20Cl2N2O5. The van der Waals surface area contributed by atoms with Gasteiger partial charge < -0.3 is 9.47 Å². The van der Waals surface area contributed by atoms with E-state index >= 15 is 0 Å². The summed E-state index contributed by atoms with van der Waals surface area (Å²) in [7, 11) is 0. The fourth-order valence-electron chi connectivity index (χ4n) is 3.49. The Hall–Kier alpha value is -2.12. The molecule has 28 heavy (non-hydrogen) atoms. The minimum absolute atomic E-state index is 0.154. The van der Waals surface area contributed by atoms with E-state index in [0.29, 0.717) is 34.7 Å². The second kappa shape index (κ2) is 8.49. The maximum Gasteiger partial charge on any atom is 0.320 e. The lowest BCUT2D eigenvalue weighted by Gasteiger charge is -2.18. The zero-order valence-electron chi connectivity index (χ0n) is 15.5. The number of carbonyl (C=O) groups is 2. The summed E-state index contributed by atoms with van der Waals surface area (Å²) in [5.41, 5.74) is 0.119. The second-order valence-electron chi connectivity index (χ2n) is 6.49. The van der Waals surface area contributed by atoms with Crippen LogP contribution in [0.4, 0.5) is 0 Å². The second-order valence-corrected chi connectivity index (χ2v) is 7.33. The third-order valence-corrected chi connectivity index (χ3v) is 5.24. The number of carbonyl (C=O) groups excluding carboxylic acids is 2. The van der Waals surface area contributed by atoms with Crippen molar-refractivity contribution in [1.82, 2.24) is 9.55 Å². The van der Waals surface area contributed by atoms with E-state index in [2.05, 4.69) is 4.98 Å². The molecule has 0 spiro atoms. The van der Waals surface area contributed by atoms with Gasteiger partial charge in [-0.1, -0.05) is 23.2 Å². The highest BCUT2D eigenvalue weighted by atomic mass is 35.5. The van der Waals surface area contributed by atoms with Crippen molar-refractivity contribution in [3.63, 3.8) is 0 Å². The molecule has 0 bridgehead atoms. The molecule has 2 heterocycles. The standard InChI is InChI=1S/C19H20Cl2N2O5/c1-3-27-18(25)13(19(26)28-4-2)7-10-5-6-23-16(10)22-15-12(17(23)24)8-11(20)9-14(15)21/h8-10,13H,3-7H2,1-2H3. The molecule has 150 valence electrons. The number of ether oxygens (including phenoxy) is 2. The Morgan fingerprint density at radius 1 is 1.21 bits per heavy atom. The molecule has 1 aromatic carbocycles. The summed E-state index contributed by atoms with van der Waals surface area (Å²) in [6, 6.07) is 3.07. The van der Waals surface area contributed by atoms with Gasteiger partial charge in [0.1, 0.15) is 5.82 Å². The first kappa shape index (κ1) is 20.6. The van der Waals surface area contributed by atoms with Crippen LogP contribution in [0, 0.1) is 5.92 Å². The van der Waals surface area contributed by atoms with Gasteiger partial charge in [-0.2, -0.15) is 0 Å². The lowest BCUT2D eigenvalue weighted by Crippen LogP contribution is -2.30. The van der Waals surface area contributed by atoms with Gasteiger partial charge in [0.15, 0.2) is 5.92 Å². The Labute approximate surface area is 171 Å². The zero-order chi connectivity index (χ0) is 20.4. The Morgan fingerprint density at radius 3 is 2.46 bits per heavy atom. The van der Waals surface area contributed by atoms with Crippen molar-refractivity contribution >= 4 is 46.0 Å². The van der Waals surface area contributed by atoms with Crippen molar-refractivity contribution in [3.05, 3.63) is 38.4 Å². The van der Waals surface area contributed by atoms with E-state index in [0.717, 1.165) is 0 Å². The van der Waals surface area contributed by atoms with Gasteiger partial charge in [0, 0.05) is 17.5 Å². The quantitative estimate of drug-likeness (QED) is 0.519. The molecule has 3 rings (SSSR count). The Morgan fingerprint density at radius 2 is 1.86 bits per heavy atom. The Kier molecular flexibility index (Phi) is 6.25. The van der Waals surface area contributed by atoms with Crippen LogP contribution in [0.25, 0.3) is 10.9 Å². The number of esters is 2. The van der Waals surface area contributed by atoms with Crippen LogP contribution in [-0.4, -0.2) is 34.7 Å². The maximum atomic E-state index is 12.9. The number of benzene rings is 1. The summed E-state index contributed by atoms with van der Waals surface area (Å²) in [6.45, 7) is 4.10. The molecule has 1 unspecified atom stereocenters. The number of halogens is 2. The van der Waals surface area contributed by atoms with Crippen LogP contribution >= 0.6 is 23.2 Å². The van der Waals surface area contributed by atoms with E-state index < -0.39 is 17.9 Å². The summed E-state index contributed by atoms with van der Waals surface area (Å²) in [6.07, 6.45) is 0.722. The van der Waals surface area contributed by atoms with E-state index in [4.69, 9.17) is 32.7 Å². The molecule has 0 radical (unpaired) electrons. The topological polar surface area (TPSA) is 87.5 Å². The molecule has 1 aromatic heterocycles. The normalized spacial score (nSPS) is 15.7. The lowest BCUT2D eigenvalue weighted by atomic mass is 9.93. The predicted molar refractivity (Wildman–Crippen MR) is 105 cm³/mol. The van der Waals surface area contributed by atoms with Crippen LogP contribution in [-0.2, 0) is 25.6 Å². The Bertz CT molecular complexity index is 970. The van der Waals surface area contributed by atoms with Crippen molar-refractivity contribution in [2.75, 3.05) is 13.2 Å². The summed E-state index contributed by atoms with van der Waals surface area (Å²) in [5.74, 6) is -2.10. The number of hydrogen-bond acceptors (Lipinski definition) is 6. The molecule has 0 fully saturated rings. The number of nitrogens with zero attached hydrogens (tertiary/aromatic N) is 2. The highest BCUT2D eigenvalue weighted by Crippen LogP contribution is 2.34. The van der Waals surface area contributed by atoms with Gasteiger partial charge in [0.05, 0.1) is 29.1 Å². The molecule has 2 aromatic rings. The van der Waals surface area contributed by atoms with Crippen LogP contribution in [0.2, 0.25) is 10.0 Å². The summed E-state index contributed by atoms with van der Waals surface area (Å²) < 4.78 is 11.6. The molecule has 1 aliphatic heterocycles. The summed E-state index contributed by atoms with van der Waals surface area (Å²) >= 11 is 12.2. The van der Waals surface area contributed by atoms with E-state index in [1.165, 1.54) is 6.07 Å². The van der Waals surface area contributed by atoms with Crippen molar-refractivity contribution in [2.45, 2.75) is 39.2 Å². The average Bonchev–Trinajstić information content (AvgIpc) is 3.04. The fraction of sp³-hybridized carbons (Fsp3) is 0.474. The first-order valence-corrected chi connectivity index (χ1v) is 9.85. The van der Waals surface area contributed by atoms with Gasteiger partial charge >= 0.3 is 11.9 Å². The fourth-order valence-corrected chi connectivity index (χ4v) is 4.03. The minimum Gasteiger partial charge on any atom is -0.465 e. The smallest absolute Gasteiger partial charge is 0.320 e. The molecule has 0 amide bonds. The highest BCUT2D eigenvalue weighted by Gasteiger charge is 2.36. The van der Waals surface area contributed by atoms with Crippen LogP contribution in [0.3, 0.4) is 0 Å².